The van der Waals surface area contributed by atoms with Gasteiger partial charge in [0.25, 0.3) is 16.7 Å². The monoisotopic (exact) mass is 1060 g/mol. The van der Waals surface area contributed by atoms with Gasteiger partial charge in [-0.1, -0.05) is 97.9 Å². The highest BCUT2D eigenvalue weighted by Gasteiger charge is 2.32. The molecular formula is C68H73FN6O4. The fourth-order valence-corrected chi connectivity index (χ4v) is 14.4. The molecule has 8 aromatic rings. The maximum absolute atomic E-state index is 13.5. The predicted molar refractivity (Wildman–Crippen MR) is 316 cm³/mol. The first-order valence-electron chi connectivity index (χ1n) is 29.5. The van der Waals surface area contributed by atoms with E-state index < -0.39 is 6.17 Å². The van der Waals surface area contributed by atoms with E-state index in [0.29, 0.717) is 19.1 Å². The van der Waals surface area contributed by atoms with Crippen molar-refractivity contribution in [1.82, 2.24) is 29.7 Å². The summed E-state index contributed by atoms with van der Waals surface area (Å²) in [4.78, 5) is 54.4. The van der Waals surface area contributed by atoms with Gasteiger partial charge in [0.15, 0.2) is 0 Å². The van der Waals surface area contributed by atoms with E-state index in [4.69, 9.17) is 4.74 Å². The number of likely N-dealkylation sites (tertiary alicyclic amines) is 3. The Bertz CT molecular complexity index is 3800. The quantitative estimate of drug-likeness (QED) is 0.139. The number of ether oxygens (including phenoxy) is 1. The van der Waals surface area contributed by atoms with Crippen LogP contribution in [0.2, 0.25) is 0 Å². The molecule has 0 saturated carbocycles. The van der Waals surface area contributed by atoms with Gasteiger partial charge in [0.2, 0.25) is 0 Å². The Kier molecular flexibility index (Phi) is 14.4. The lowest BCUT2D eigenvalue weighted by Gasteiger charge is -2.32. The maximum Gasteiger partial charge on any atom is 0.256 e. The molecule has 0 radical (unpaired) electrons. The summed E-state index contributed by atoms with van der Waals surface area (Å²) in [5.74, 6) is 0.855. The Morgan fingerprint density at radius 3 is 1.39 bits per heavy atom. The molecule has 0 bridgehead atoms. The summed E-state index contributed by atoms with van der Waals surface area (Å²) in [5, 5.41) is 3.76. The van der Waals surface area contributed by atoms with Crippen LogP contribution < -0.4 is 16.7 Å². The third-order valence-electron chi connectivity index (χ3n) is 18.6. The second-order valence-corrected chi connectivity index (χ2v) is 23.5. The van der Waals surface area contributed by atoms with Crippen LogP contribution in [0.1, 0.15) is 120 Å². The zero-order valence-electron chi connectivity index (χ0n) is 46.0. The van der Waals surface area contributed by atoms with Gasteiger partial charge < -0.3 is 19.7 Å². The molecule has 0 spiro atoms. The van der Waals surface area contributed by atoms with Crippen molar-refractivity contribution < 1.29 is 9.13 Å². The Morgan fingerprint density at radius 2 is 0.899 bits per heavy atom. The first-order chi connectivity index (χ1) is 38.6. The molecule has 1 atom stereocenters. The molecule has 6 heterocycles. The molecule has 0 unspecified atom stereocenters. The topological polar surface area (TPSA) is 118 Å². The van der Waals surface area contributed by atoms with Crippen LogP contribution in [0.4, 0.5) is 4.39 Å². The molecule has 3 saturated heterocycles. The number of pyridine rings is 3. The van der Waals surface area contributed by atoms with E-state index in [1.165, 1.54) is 105 Å². The van der Waals surface area contributed by atoms with Gasteiger partial charge in [-0.3, -0.25) is 29.1 Å². The van der Waals surface area contributed by atoms with E-state index in [1.807, 2.05) is 36.4 Å². The molecule has 7 aliphatic rings. The molecule has 3 fully saturated rings. The van der Waals surface area contributed by atoms with Crippen molar-refractivity contribution >= 4 is 21.5 Å². The summed E-state index contributed by atoms with van der Waals surface area (Å²) in [6, 6.07) is 35.4. The summed E-state index contributed by atoms with van der Waals surface area (Å²) < 4.78 is 19.3. The molecule has 10 nitrogen and oxygen atoms in total. The molecule has 406 valence electrons. The molecule has 5 aromatic carbocycles. The summed E-state index contributed by atoms with van der Waals surface area (Å²) in [5.41, 5.74) is 21.1. The van der Waals surface area contributed by atoms with Gasteiger partial charge in [-0.25, -0.2) is 4.39 Å². The number of rotatable bonds is 8. The highest BCUT2D eigenvalue weighted by atomic mass is 19.1. The number of benzene rings is 5. The molecular weight excluding hydrogens is 984 g/mol. The van der Waals surface area contributed by atoms with Crippen molar-refractivity contribution in [3.05, 3.63) is 195 Å². The number of alkyl halides is 1. The number of hydrogen-bond donors (Lipinski definition) is 3. The summed E-state index contributed by atoms with van der Waals surface area (Å²) >= 11 is 0. The zero-order chi connectivity index (χ0) is 53.7. The molecule has 3 aromatic heterocycles. The standard InChI is InChI=1S/C24H26N2O2.C23H24N2O.C21H23FN2O/c1-2-28-17-10-12-26(13-11-17)15-16-6-5-9-19-21(16)14-22-18-7-3-4-8-20(18)24(27)25-23(19)22;1-15-9-11-25(12-10-15)14-16-5-4-8-18-20(16)13-21-17-6-2-3-7-19(17)23(26)24-22(18)21;22-14-8-9-24(12-14)11-13-4-3-7-16-18(13)10-19-15-5-1-2-6-17(15)21(25)23-20(16)19/h3-9,17H,2,10-15H2,1H3,(H,25,27);2-8,15H,9-14H2,1H3,(H,24,26);3-4,7,14H,1-2,5-6,8-12H2,(H,23,25)/t;;14-/m..0/s1. The number of nitrogens with one attached hydrogen (secondary N) is 3. The number of halogens is 1. The van der Waals surface area contributed by atoms with Crippen LogP contribution in [-0.4, -0.2) is 87.8 Å². The highest BCUT2D eigenvalue weighted by molar-refractivity contribution is 5.94. The molecule has 0 amide bonds. The number of nitrogens with zero attached hydrogens (tertiary/aromatic N) is 3. The third kappa shape index (κ3) is 10.1. The number of aromatic amines is 3. The van der Waals surface area contributed by atoms with Crippen molar-refractivity contribution in [2.24, 2.45) is 5.92 Å². The SMILES string of the molecule is CC1CCN(Cc2cccc3c2Cc2c-3[nH]c(=O)c3ccccc23)CC1.CCOC1CCN(Cc2cccc3c2Cc2c-3[nH]c(=O)c3ccccc23)CC1.O=c1[nH]c2c(c3c1CCCC3)Cc1c(CN3CC[C@H](F)C3)cccc1-2. The first-order valence-corrected chi connectivity index (χ1v) is 29.5. The van der Waals surface area contributed by atoms with Crippen LogP contribution >= 0.6 is 0 Å². The van der Waals surface area contributed by atoms with Gasteiger partial charge in [-0.15, -0.1) is 0 Å². The van der Waals surface area contributed by atoms with Crippen LogP contribution in [0.3, 0.4) is 0 Å². The lowest BCUT2D eigenvalue weighted by molar-refractivity contribution is 0.0125. The van der Waals surface area contributed by atoms with E-state index in [2.05, 4.69) is 110 Å². The Morgan fingerprint density at radius 1 is 0.468 bits per heavy atom. The number of aromatic nitrogens is 3. The normalized spacial score (nSPS) is 18.7. The average molecular weight is 1060 g/mol. The molecule has 4 aliphatic carbocycles. The van der Waals surface area contributed by atoms with Crippen molar-refractivity contribution in [2.45, 2.75) is 123 Å². The van der Waals surface area contributed by atoms with Gasteiger partial charge in [0.1, 0.15) is 6.17 Å². The largest absolute Gasteiger partial charge is 0.378 e. The van der Waals surface area contributed by atoms with Crippen LogP contribution in [0, 0.1) is 5.92 Å². The van der Waals surface area contributed by atoms with Gasteiger partial charge >= 0.3 is 0 Å². The van der Waals surface area contributed by atoms with Crippen molar-refractivity contribution in [2.75, 3.05) is 45.9 Å². The van der Waals surface area contributed by atoms with Gasteiger partial charge in [0.05, 0.1) is 23.2 Å². The number of fused-ring (bicyclic) bond motifs is 15. The number of piperidine rings is 2. The lowest BCUT2D eigenvalue weighted by atomic mass is 9.88. The van der Waals surface area contributed by atoms with Gasteiger partial charge in [0, 0.05) is 105 Å². The lowest BCUT2D eigenvalue weighted by Crippen LogP contribution is -2.36. The predicted octanol–water partition coefficient (Wildman–Crippen LogP) is 11.8. The summed E-state index contributed by atoms with van der Waals surface area (Å²) in [6.07, 6.45) is 12.2. The Hall–Kier alpha value is -6.76. The highest BCUT2D eigenvalue weighted by Crippen LogP contribution is 2.43. The number of H-pyrrole nitrogens is 3. The molecule has 3 N–H and O–H groups in total. The fraction of sp³-hybridized carbons (Fsp3) is 0.397. The number of hydrogen-bond acceptors (Lipinski definition) is 7. The minimum Gasteiger partial charge on any atom is -0.378 e. The second kappa shape index (κ2) is 22.1. The van der Waals surface area contributed by atoms with E-state index in [1.54, 1.807) is 0 Å². The van der Waals surface area contributed by atoms with Crippen molar-refractivity contribution in [1.29, 1.82) is 0 Å². The summed E-state index contributed by atoms with van der Waals surface area (Å²) in [6.45, 7) is 14.0. The molecule has 11 heteroatoms. The van der Waals surface area contributed by atoms with Crippen LogP contribution in [0.25, 0.3) is 55.3 Å². The minimum absolute atomic E-state index is 0.00518. The van der Waals surface area contributed by atoms with E-state index in [-0.39, 0.29) is 16.7 Å². The molecule has 79 heavy (non-hydrogen) atoms. The first kappa shape index (κ1) is 51.7. The van der Waals surface area contributed by atoms with Crippen LogP contribution in [-0.2, 0) is 56.5 Å². The average Bonchev–Trinajstić information content (AvgIpc) is 4.47. The second-order valence-electron chi connectivity index (χ2n) is 23.5. The fourth-order valence-electron chi connectivity index (χ4n) is 14.4. The van der Waals surface area contributed by atoms with Crippen LogP contribution in [0.5, 0.6) is 0 Å². The smallest absolute Gasteiger partial charge is 0.256 e. The summed E-state index contributed by atoms with van der Waals surface area (Å²) in [7, 11) is 0. The maximum atomic E-state index is 13.5. The van der Waals surface area contributed by atoms with Gasteiger partial charge in [-0.05, 0) is 162 Å². The Labute approximate surface area is 462 Å². The molecule has 3 aliphatic heterocycles. The van der Waals surface area contributed by atoms with Crippen molar-refractivity contribution in [3.8, 4) is 33.8 Å². The van der Waals surface area contributed by atoms with E-state index in [9.17, 15) is 18.8 Å². The van der Waals surface area contributed by atoms with E-state index >= 15 is 0 Å². The van der Waals surface area contributed by atoms with Crippen LogP contribution in [0.15, 0.2) is 118 Å². The zero-order valence-corrected chi connectivity index (χ0v) is 46.0. The third-order valence-corrected chi connectivity index (χ3v) is 18.6. The van der Waals surface area contributed by atoms with Gasteiger partial charge in [-0.2, -0.15) is 0 Å². The minimum atomic E-state index is -0.683. The van der Waals surface area contributed by atoms with E-state index in [0.717, 1.165) is 147 Å². The Balaban J connectivity index is 0.000000112. The molecule has 15 rings (SSSR count). The van der Waals surface area contributed by atoms with Crippen molar-refractivity contribution in [3.63, 3.8) is 0 Å².